The highest BCUT2D eigenvalue weighted by atomic mass is 16.5. The minimum absolute atomic E-state index is 0.136. The normalized spacial score (nSPS) is 20.8. The maximum Gasteiger partial charge on any atom is 0.272 e. The standard InChI is InChI=1S/C16H25N3O2/c1-3-13(4-2)19-14(5-8-17-19)15(20)18-11-16(12-18)6-9-21-10-7-16/h5,8,13H,3-4,6-7,9-12H2,1-2H3. The second kappa shape index (κ2) is 5.79. The van der Waals surface area contributed by atoms with E-state index in [0.29, 0.717) is 11.5 Å². The molecule has 21 heavy (non-hydrogen) atoms. The van der Waals surface area contributed by atoms with E-state index in [1.165, 1.54) is 0 Å². The first kappa shape index (κ1) is 14.6. The van der Waals surface area contributed by atoms with E-state index in [1.54, 1.807) is 6.20 Å². The average Bonchev–Trinajstić information content (AvgIpc) is 2.95. The Labute approximate surface area is 126 Å². The van der Waals surface area contributed by atoms with E-state index in [4.69, 9.17) is 4.74 Å². The molecule has 1 aromatic rings. The smallest absolute Gasteiger partial charge is 0.272 e. The van der Waals surface area contributed by atoms with Gasteiger partial charge in [-0.25, -0.2) is 0 Å². The highest BCUT2D eigenvalue weighted by molar-refractivity contribution is 5.93. The molecule has 1 amide bonds. The van der Waals surface area contributed by atoms with Crippen molar-refractivity contribution < 1.29 is 9.53 Å². The summed E-state index contributed by atoms with van der Waals surface area (Å²) in [5.74, 6) is 0.136. The zero-order valence-corrected chi connectivity index (χ0v) is 13.0. The van der Waals surface area contributed by atoms with Crippen LogP contribution >= 0.6 is 0 Å². The third kappa shape index (κ3) is 2.59. The summed E-state index contributed by atoms with van der Waals surface area (Å²) in [6.07, 6.45) is 5.92. The minimum Gasteiger partial charge on any atom is -0.381 e. The van der Waals surface area contributed by atoms with E-state index in [9.17, 15) is 4.79 Å². The SMILES string of the molecule is CCC(CC)n1nccc1C(=O)N1CC2(CCOCC2)C1. The van der Waals surface area contributed by atoms with Crippen LogP contribution in [0.3, 0.4) is 0 Å². The molecule has 116 valence electrons. The number of carbonyl (C=O) groups excluding carboxylic acids is 1. The number of ether oxygens (including phenoxy) is 1. The summed E-state index contributed by atoms with van der Waals surface area (Å²) in [6.45, 7) is 7.73. The van der Waals surface area contributed by atoms with Crippen LogP contribution in [0.4, 0.5) is 0 Å². The second-order valence-electron chi connectivity index (χ2n) is 6.40. The summed E-state index contributed by atoms with van der Waals surface area (Å²) >= 11 is 0. The van der Waals surface area contributed by atoms with Crippen LogP contribution in [0, 0.1) is 5.41 Å². The van der Waals surface area contributed by atoms with Gasteiger partial charge in [0.2, 0.25) is 0 Å². The summed E-state index contributed by atoms with van der Waals surface area (Å²) in [7, 11) is 0. The van der Waals surface area contributed by atoms with Crippen LogP contribution in [0.15, 0.2) is 12.3 Å². The molecule has 2 aliphatic rings. The Balaban J connectivity index is 1.68. The lowest BCUT2D eigenvalue weighted by molar-refractivity contribution is -0.0670. The Morgan fingerprint density at radius 1 is 1.33 bits per heavy atom. The lowest BCUT2D eigenvalue weighted by atomic mass is 9.73. The number of rotatable bonds is 4. The minimum atomic E-state index is 0.136. The Kier molecular flexibility index (Phi) is 4.02. The van der Waals surface area contributed by atoms with Crippen molar-refractivity contribution in [2.24, 2.45) is 5.41 Å². The van der Waals surface area contributed by atoms with Crippen molar-refractivity contribution in [1.29, 1.82) is 0 Å². The molecule has 0 unspecified atom stereocenters. The lowest BCUT2D eigenvalue weighted by Crippen LogP contribution is -2.60. The molecule has 1 spiro atoms. The van der Waals surface area contributed by atoms with Gasteiger partial charge in [-0.15, -0.1) is 0 Å². The van der Waals surface area contributed by atoms with Gasteiger partial charge < -0.3 is 9.64 Å². The van der Waals surface area contributed by atoms with E-state index >= 15 is 0 Å². The number of amides is 1. The van der Waals surface area contributed by atoms with Crippen molar-refractivity contribution in [3.8, 4) is 0 Å². The Morgan fingerprint density at radius 2 is 2.00 bits per heavy atom. The second-order valence-corrected chi connectivity index (χ2v) is 6.40. The molecule has 0 atom stereocenters. The fourth-order valence-electron chi connectivity index (χ4n) is 3.60. The quantitative estimate of drug-likeness (QED) is 0.856. The maximum atomic E-state index is 12.7. The van der Waals surface area contributed by atoms with Gasteiger partial charge in [0.25, 0.3) is 5.91 Å². The van der Waals surface area contributed by atoms with Crippen LogP contribution in [0.1, 0.15) is 56.1 Å². The number of carbonyl (C=O) groups is 1. The van der Waals surface area contributed by atoms with Crippen LogP contribution in [-0.4, -0.2) is 46.9 Å². The Morgan fingerprint density at radius 3 is 2.62 bits per heavy atom. The van der Waals surface area contributed by atoms with E-state index in [0.717, 1.165) is 57.7 Å². The number of nitrogens with zero attached hydrogens (tertiary/aromatic N) is 3. The van der Waals surface area contributed by atoms with E-state index in [1.807, 2.05) is 15.6 Å². The lowest BCUT2D eigenvalue weighted by Gasteiger charge is -2.52. The topological polar surface area (TPSA) is 47.4 Å². The van der Waals surface area contributed by atoms with Gasteiger partial charge >= 0.3 is 0 Å². The van der Waals surface area contributed by atoms with Gasteiger partial charge in [0.1, 0.15) is 5.69 Å². The highest BCUT2D eigenvalue weighted by Crippen LogP contribution is 2.40. The van der Waals surface area contributed by atoms with Gasteiger partial charge in [-0.05, 0) is 31.7 Å². The molecule has 3 rings (SSSR count). The molecule has 1 aromatic heterocycles. The van der Waals surface area contributed by atoms with Crippen LogP contribution in [0.5, 0.6) is 0 Å². The molecular weight excluding hydrogens is 266 g/mol. The zero-order valence-electron chi connectivity index (χ0n) is 13.0. The van der Waals surface area contributed by atoms with Gasteiger partial charge in [0.15, 0.2) is 0 Å². The molecule has 0 aliphatic carbocycles. The van der Waals surface area contributed by atoms with Crippen molar-refractivity contribution >= 4 is 5.91 Å². The molecular formula is C16H25N3O2. The van der Waals surface area contributed by atoms with E-state index in [-0.39, 0.29) is 5.91 Å². The average molecular weight is 291 g/mol. The van der Waals surface area contributed by atoms with Crippen molar-refractivity contribution in [2.75, 3.05) is 26.3 Å². The fraction of sp³-hybridized carbons (Fsp3) is 0.750. The number of aromatic nitrogens is 2. The first-order chi connectivity index (χ1) is 10.2. The fourth-order valence-corrected chi connectivity index (χ4v) is 3.60. The third-order valence-electron chi connectivity index (χ3n) is 5.07. The first-order valence-corrected chi connectivity index (χ1v) is 8.09. The molecule has 0 N–H and O–H groups in total. The summed E-state index contributed by atoms with van der Waals surface area (Å²) in [5, 5.41) is 4.37. The molecule has 2 saturated heterocycles. The van der Waals surface area contributed by atoms with Crippen LogP contribution in [0.2, 0.25) is 0 Å². The Hall–Kier alpha value is -1.36. The van der Waals surface area contributed by atoms with E-state index in [2.05, 4.69) is 18.9 Å². The molecule has 0 bridgehead atoms. The maximum absolute atomic E-state index is 12.7. The zero-order chi connectivity index (χ0) is 14.9. The van der Waals surface area contributed by atoms with Crippen LogP contribution in [0.25, 0.3) is 0 Å². The molecule has 0 radical (unpaired) electrons. The summed E-state index contributed by atoms with van der Waals surface area (Å²) in [5.41, 5.74) is 1.07. The van der Waals surface area contributed by atoms with Crippen LogP contribution < -0.4 is 0 Å². The van der Waals surface area contributed by atoms with Gasteiger partial charge in [-0.3, -0.25) is 9.48 Å². The first-order valence-electron chi connectivity index (χ1n) is 8.09. The van der Waals surface area contributed by atoms with Gasteiger partial charge in [0.05, 0.1) is 6.04 Å². The highest BCUT2D eigenvalue weighted by Gasteiger charge is 2.46. The molecule has 2 aliphatic heterocycles. The molecule has 5 heteroatoms. The predicted octanol–water partition coefficient (Wildman–Crippen LogP) is 2.50. The molecule has 3 heterocycles. The van der Waals surface area contributed by atoms with Gasteiger partial charge in [-0.2, -0.15) is 5.10 Å². The van der Waals surface area contributed by atoms with Gasteiger partial charge in [0, 0.05) is 37.9 Å². The van der Waals surface area contributed by atoms with E-state index < -0.39 is 0 Å². The molecule has 2 fully saturated rings. The predicted molar refractivity (Wildman–Crippen MR) is 80.2 cm³/mol. The summed E-state index contributed by atoms with van der Waals surface area (Å²) < 4.78 is 7.34. The molecule has 0 aromatic carbocycles. The Bertz CT molecular complexity index is 493. The summed E-state index contributed by atoms with van der Waals surface area (Å²) in [6, 6.07) is 2.17. The van der Waals surface area contributed by atoms with Gasteiger partial charge in [-0.1, -0.05) is 13.8 Å². The summed E-state index contributed by atoms with van der Waals surface area (Å²) in [4.78, 5) is 14.7. The van der Waals surface area contributed by atoms with Crippen molar-refractivity contribution in [3.05, 3.63) is 18.0 Å². The van der Waals surface area contributed by atoms with Crippen molar-refractivity contribution in [1.82, 2.24) is 14.7 Å². The molecule has 0 saturated carbocycles. The molecule has 5 nitrogen and oxygen atoms in total. The number of hydrogen-bond donors (Lipinski definition) is 0. The third-order valence-corrected chi connectivity index (χ3v) is 5.07. The van der Waals surface area contributed by atoms with Crippen molar-refractivity contribution in [2.45, 2.75) is 45.6 Å². The monoisotopic (exact) mass is 291 g/mol. The van der Waals surface area contributed by atoms with Crippen molar-refractivity contribution in [3.63, 3.8) is 0 Å². The largest absolute Gasteiger partial charge is 0.381 e. The van der Waals surface area contributed by atoms with Crippen LogP contribution in [-0.2, 0) is 4.74 Å². The number of likely N-dealkylation sites (tertiary alicyclic amines) is 1. The number of hydrogen-bond acceptors (Lipinski definition) is 3.